The summed E-state index contributed by atoms with van der Waals surface area (Å²) in [6, 6.07) is 1.58. The Hall–Kier alpha value is -1.78. The highest BCUT2D eigenvalue weighted by Gasteiger charge is 2.25. The molecule has 0 atom stereocenters. The quantitative estimate of drug-likeness (QED) is 0.829. The molecule has 0 spiro atoms. The Kier molecular flexibility index (Phi) is 3.64. The highest BCUT2D eigenvalue weighted by atomic mass is 32.2. The van der Waals surface area contributed by atoms with Crippen molar-refractivity contribution in [3.8, 4) is 0 Å². The van der Waals surface area contributed by atoms with Gasteiger partial charge in [0, 0.05) is 6.07 Å². The van der Waals surface area contributed by atoms with Crippen molar-refractivity contribution in [1.82, 2.24) is 14.9 Å². The second kappa shape index (κ2) is 5.07. The molecular formula is C9H9N3O5S2. The smallest absolute Gasteiger partial charge is 0.356 e. The number of nitrogens with one attached hydrogen (secondary N) is 1. The zero-order valence-electron chi connectivity index (χ0n) is 9.65. The predicted octanol–water partition coefficient (Wildman–Crippen LogP) is 0.616. The van der Waals surface area contributed by atoms with Crippen LogP contribution in [0.2, 0.25) is 0 Å². The molecule has 0 aliphatic carbocycles. The van der Waals surface area contributed by atoms with E-state index in [-0.39, 0.29) is 10.8 Å². The number of aromatic carboxylic acids is 1. The van der Waals surface area contributed by atoms with Crippen molar-refractivity contribution in [3.05, 3.63) is 28.7 Å². The molecule has 0 aliphatic rings. The average molecular weight is 303 g/mol. The highest BCUT2D eigenvalue weighted by molar-refractivity contribution is 7.91. The van der Waals surface area contributed by atoms with Crippen molar-refractivity contribution < 1.29 is 22.8 Å². The standard InChI is InChI=1S/C9H9N3O5S2/c1-5-2-6(17-12-5)3-11-19(15,16)9-7(8(13)14)10-4-18-9/h2,4,11H,3H2,1H3,(H,13,14). The largest absolute Gasteiger partial charge is 0.476 e. The van der Waals surface area contributed by atoms with Gasteiger partial charge in [0.15, 0.2) is 15.7 Å². The van der Waals surface area contributed by atoms with Crippen molar-refractivity contribution >= 4 is 27.3 Å². The SMILES string of the molecule is Cc1cc(CNS(=O)(=O)c2scnc2C(=O)O)on1. The van der Waals surface area contributed by atoms with Gasteiger partial charge in [0.25, 0.3) is 10.0 Å². The van der Waals surface area contributed by atoms with Crippen LogP contribution >= 0.6 is 11.3 Å². The Morgan fingerprint density at radius 1 is 1.58 bits per heavy atom. The molecular weight excluding hydrogens is 294 g/mol. The van der Waals surface area contributed by atoms with Crippen LogP contribution in [0.4, 0.5) is 0 Å². The summed E-state index contributed by atoms with van der Waals surface area (Å²) in [5, 5.41) is 12.4. The Morgan fingerprint density at radius 3 is 2.89 bits per heavy atom. The van der Waals surface area contributed by atoms with Crippen LogP contribution in [-0.4, -0.2) is 29.6 Å². The normalized spacial score (nSPS) is 11.6. The van der Waals surface area contributed by atoms with E-state index >= 15 is 0 Å². The van der Waals surface area contributed by atoms with Gasteiger partial charge in [-0.25, -0.2) is 22.9 Å². The van der Waals surface area contributed by atoms with Crippen molar-refractivity contribution in [2.24, 2.45) is 0 Å². The Bertz CT molecular complexity index is 703. The second-order valence-corrected chi connectivity index (χ2v) is 6.37. The number of aromatic nitrogens is 2. The minimum absolute atomic E-state index is 0.111. The van der Waals surface area contributed by atoms with Gasteiger partial charge in [-0.2, -0.15) is 0 Å². The number of carboxylic acid groups (broad SMARTS) is 1. The summed E-state index contributed by atoms with van der Waals surface area (Å²) in [6.45, 7) is 1.59. The number of aryl methyl sites for hydroxylation is 1. The third-order valence-corrected chi connectivity index (χ3v) is 4.87. The minimum Gasteiger partial charge on any atom is -0.476 e. The van der Waals surface area contributed by atoms with Crippen LogP contribution in [-0.2, 0) is 16.6 Å². The van der Waals surface area contributed by atoms with Crippen molar-refractivity contribution in [1.29, 1.82) is 0 Å². The van der Waals surface area contributed by atoms with Gasteiger partial charge in [-0.05, 0) is 6.92 Å². The molecule has 0 saturated carbocycles. The molecule has 2 N–H and O–H groups in total. The van der Waals surface area contributed by atoms with Gasteiger partial charge < -0.3 is 9.63 Å². The van der Waals surface area contributed by atoms with Gasteiger partial charge >= 0.3 is 5.97 Å². The molecule has 8 nitrogen and oxygen atoms in total. The number of nitrogens with zero attached hydrogens (tertiary/aromatic N) is 2. The van der Waals surface area contributed by atoms with Crippen LogP contribution in [0, 0.1) is 6.92 Å². The molecule has 0 amide bonds. The van der Waals surface area contributed by atoms with Gasteiger partial charge in [0.05, 0.1) is 17.7 Å². The van der Waals surface area contributed by atoms with Crippen LogP contribution in [0.3, 0.4) is 0 Å². The lowest BCUT2D eigenvalue weighted by Crippen LogP contribution is -2.24. The first-order valence-electron chi connectivity index (χ1n) is 4.99. The molecule has 2 aromatic heterocycles. The number of carbonyl (C=O) groups is 1. The zero-order chi connectivity index (χ0) is 14.0. The maximum Gasteiger partial charge on any atom is 0.356 e. The minimum atomic E-state index is -3.94. The second-order valence-electron chi connectivity index (χ2n) is 3.55. The molecule has 0 aliphatic heterocycles. The van der Waals surface area contributed by atoms with E-state index in [1.807, 2.05) is 0 Å². The van der Waals surface area contributed by atoms with Crippen LogP contribution in [0.25, 0.3) is 0 Å². The van der Waals surface area contributed by atoms with E-state index in [2.05, 4.69) is 14.9 Å². The van der Waals surface area contributed by atoms with Crippen LogP contribution in [0.1, 0.15) is 21.9 Å². The van der Waals surface area contributed by atoms with E-state index in [0.29, 0.717) is 11.5 Å². The lowest BCUT2D eigenvalue weighted by atomic mass is 10.4. The fourth-order valence-electron chi connectivity index (χ4n) is 1.30. The summed E-state index contributed by atoms with van der Waals surface area (Å²) in [7, 11) is -3.94. The van der Waals surface area contributed by atoms with Gasteiger partial charge in [-0.3, -0.25) is 0 Å². The van der Waals surface area contributed by atoms with Gasteiger partial charge in [0.2, 0.25) is 0 Å². The Balaban J connectivity index is 2.18. The zero-order valence-corrected chi connectivity index (χ0v) is 11.3. The molecule has 0 radical (unpaired) electrons. The highest BCUT2D eigenvalue weighted by Crippen LogP contribution is 2.20. The van der Waals surface area contributed by atoms with E-state index in [4.69, 9.17) is 9.63 Å². The lowest BCUT2D eigenvalue weighted by Gasteiger charge is -2.02. The molecule has 19 heavy (non-hydrogen) atoms. The van der Waals surface area contributed by atoms with E-state index in [9.17, 15) is 13.2 Å². The van der Waals surface area contributed by atoms with Crippen molar-refractivity contribution in [2.45, 2.75) is 17.7 Å². The summed E-state index contributed by atoms with van der Waals surface area (Å²) in [5.41, 5.74) is 1.29. The van der Waals surface area contributed by atoms with E-state index in [1.54, 1.807) is 13.0 Å². The number of sulfonamides is 1. The van der Waals surface area contributed by atoms with E-state index in [0.717, 1.165) is 16.8 Å². The maximum absolute atomic E-state index is 11.9. The molecule has 0 aromatic carbocycles. The Morgan fingerprint density at radius 2 is 2.32 bits per heavy atom. The lowest BCUT2D eigenvalue weighted by molar-refractivity contribution is 0.0687. The van der Waals surface area contributed by atoms with E-state index in [1.165, 1.54) is 0 Å². The summed E-state index contributed by atoms with van der Waals surface area (Å²) in [6.07, 6.45) is 0. The maximum atomic E-state index is 11.9. The molecule has 0 fully saturated rings. The predicted molar refractivity (Wildman–Crippen MR) is 64.3 cm³/mol. The van der Waals surface area contributed by atoms with Crippen LogP contribution in [0.5, 0.6) is 0 Å². The number of carboxylic acids is 1. The first-order chi connectivity index (χ1) is 8.90. The molecule has 0 saturated heterocycles. The molecule has 2 aromatic rings. The first kappa shape index (κ1) is 13.6. The summed E-state index contributed by atoms with van der Waals surface area (Å²) < 4.78 is 30.6. The fourth-order valence-corrected chi connectivity index (χ4v) is 3.48. The monoisotopic (exact) mass is 303 g/mol. The number of hydrogen-bond acceptors (Lipinski definition) is 7. The molecule has 0 bridgehead atoms. The van der Waals surface area contributed by atoms with Gasteiger partial charge in [-0.1, -0.05) is 5.16 Å². The molecule has 10 heteroatoms. The number of hydrogen-bond donors (Lipinski definition) is 2. The summed E-state index contributed by atoms with van der Waals surface area (Å²) >= 11 is 0.737. The van der Waals surface area contributed by atoms with Crippen LogP contribution in [0.15, 0.2) is 20.3 Å². The Labute approximate surface area is 112 Å². The third-order valence-electron chi connectivity index (χ3n) is 2.09. The summed E-state index contributed by atoms with van der Waals surface area (Å²) in [4.78, 5) is 14.3. The fraction of sp³-hybridized carbons (Fsp3) is 0.222. The van der Waals surface area contributed by atoms with Crippen molar-refractivity contribution in [3.63, 3.8) is 0 Å². The topological polar surface area (TPSA) is 122 Å². The average Bonchev–Trinajstić information content (AvgIpc) is 2.94. The first-order valence-corrected chi connectivity index (χ1v) is 7.35. The molecule has 102 valence electrons. The summed E-state index contributed by atoms with van der Waals surface area (Å²) in [5.74, 6) is -1.06. The van der Waals surface area contributed by atoms with E-state index < -0.39 is 21.7 Å². The molecule has 2 rings (SSSR count). The third kappa shape index (κ3) is 2.97. The number of thiazole rings is 1. The van der Waals surface area contributed by atoms with Gasteiger partial charge in [-0.15, -0.1) is 11.3 Å². The number of rotatable bonds is 5. The molecule has 0 unspecified atom stereocenters. The van der Waals surface area contributed by atoms with Gasteiger partial charge in [0.1, 0.15) is 0 Å². The van der Waals surface area contributed by atoms with Crippen LogP contribution < -0.4 is 4.72 Å². The van der Waals surface area contributed by atoms with Crippen molar-refractivity contribution in [2.75, 3.05) is 0 Å². The molecule has 2 heterocycles.